The minimum absolute atomic E-state index is 0.0534. The molecule has 0 bridgehead atoms. The summed E-state index contributed by atoms with van der Waals surface area (Å²) in [5, 5.41) is 9.31. The van der Waals surface area contributed by atoms with Crippen molar-refractivity contribution in [1.29, 1.82) is 0 Å². The molecule has 2 unspecified atom stereocenters. The van der Waals surface area contributed by atoms with E-state index in [2.05, 4.69) is 49.9 Å². The highest BCUT2D eigenvalue weighted by Gasteiger charge is 2.36. The van der Waals surface area contributed by atoms with Crippen LogP contribution in [0.3, 0.4) is 0 Å². The van der Waals surface area contributed by atoms with Crippen molar-refractivity contribution in [2.24, 2.45) is 5.41 Å². The van der Waals surface area contributed by atoms with E-state index >= 15 is 0 Å². The number of hydrogen-bond acceptors (Lipinski definition) is 3. The van der Waals surface area contributed by atoms with Gasteiger partial charge in [-0.3, -0.25) is 4.90 Å². The van der Waals surface area contributed by atoms with Gasteiger partial charge in [0.05, 0.1) is 19.3 Å². The quantitative estimate of drug-likeness (QED) is 0.908. The highest BCUT2D eigenvalue weighted by Crippen LogP contribution is 2.29. The minimum Gasteiger partial charge on any atom is -0.394 e. The van der Waals surface area contributed by atoms with Crippen LogP contribution in [0.1, 0.15) is 26.3 Å². The van der Waals surface area contributed by atoms with E-state index in [0.29, 0.717) is 12.6 Å². The lowest BCUT2D eigenvalue weighted by atomic mass is 9.85. The summed E-state index contributed by atoms with van der Waals surface area (Å²) in [5.74, 6) is 0. The molecule has 3 heteroatoms. The summed E-state index contributed by atoms with van der Waals surface area (Å²) in [5.41, 5.74) is 1.49. The number of nitrogens with zero attached hydrogens (tertiary/aromatic N) is 1. The van der Waals surface area contributed by atoms with Crippen LogP contribution in [0.15, 0.2) is 30.3 Å². The van der Waals surface area contributed by atoms with Crippen LogP contribution in [0, 0.1) is 5.41 Å². The number of rotatable bonds is 3. The number of ether oxygens (including phenoxy) is 1. The molecule has 1 heterocycles. The molecule has 0 radical (unpaired) electrons. The van der Waals surface area contributed by atoms with Crippen LogP contribution in [-0.2, 0) is 11.3 Å². The summed E-state index contributed by atoms with van der Waals surface area (Å²) >= 11 is 0. The van der Waals surface area contributed by atoms with Crippen molar-refractivity contribution in [2.75, 3.05) is 19.8 Å². The maximum Gasteiger partial charge on any atom is 0.0933 e. The second-order valence-electron chi connectivity index (χ2n) is 6.43. The Balaban J connectivity index is 2.11. The Kier molecular flexibility index (Phi) is 4.61. The van der Waals surface area contributed by atoms with Crippen LogP contribution >= 0.6 is 0 Å². The predicted molar refractivity (Wildman–Crippen MR) is 76.9 cm³/mol. The van der Waals surface area contributed by atoms with E-state index in [1.807, 2.05) is 6.07 Å². The van der Waals surface area contributed by atoms with Crippen LogP contribution in [0.2, 0.25) is 0 Å². The molecular weight excluding hydrogens is 238 g/mol. The van der Waals surface area contributed by atoms with E-state index in [4.69, 9.17) is 4.74 Å². The number of aliphatic hydroxyl groups is 1. The monoisotopic (exact) mass is 263 g/mol. The van der Waals surface area contributed by atoms with Gasteiger partial charge in [0.25, 0.3) is 0 Å². The average Bonchev–Trinajstić information content (AvgIpc) is 2.38. The highest BCUT2D eigenvalue weighted by molar-refractivity contribution is 5.15. The topological polar surface area (TPSA) is 32.7 Å². The fourth-order valence-electron chi connectivity index (χ4n) is 2.67. The molecule has 1 aromatic carbocycles. The highest BCUT2D eigenvalue weighted by atomic mass is 16.5. The van der Waals surface area contributed by atoms with E-state index in [-0.39, 0.29) is 18.1 Å². The van der Waals surface area contributed by atoms with E-state index in [9.17, 15) is 5.11 Å². The van der Waals surface area contributed by atoms with Gasteiger partial charge in [-0.2, -0.15) is 0 Å². The molecule has 2 rings (SSSR count). The summed E-state index contributed by atoms with van der Waals surface area (Å²) in [7, 11) is 0. The molecule has 1 fully saturated rings. The zero-order valence-electron chi connectivity index (χ0n) is 12.2. The second kappa shape index (κ2) is 6.04. The zero-order valence-corrected chi connectivity index (χ0v) is 12.2. The first-order chi connectivity index (χ1) is 9.00. The van der Waals surface area contributed by atoms with Crippen molar-refractivity contribution in [2.45, 2.75) is 39.5 Å². The van der Waals surface area contributed by atoms with Gasteiger partial charge in [0.2, 0.25) is 0 Å². The number of morpholine rings is 1. The van der Waals surface area contributed by atoms with Crippen LogP contribution in [0.4, 0.5) is 0 Å². The first-order valence-electron chi connectivity index (χ1n) is 7.01. The Labute approximate surface area is 116 Å². The fourth-order valence-corrected chi connectivity index (χ4v) is 2.67. The maximum absolute atomic E-state index is 9.31. The molecule has 1 aromatic rings. The smallest absolute Gasteiger partial charge is 0.0933 e. The van der Waals surface area contributed by atoms with Gasteiger partial charge in [0.1, 0.15) is 0 Å². The largest absolute Gasteiger partial charge is 0.394 e. The van der Waals surface area contributed by atoms with E-state index < -0.39 is 0 Å². The van der Waals surface area contributed by atoms with Gasteiger partial charge in [-0.05, 0) is 11.0 Å². The molecule has 0 amide bonds. The van der Waals surface area contributed by atoms with Crippen molar-refractivity contribution < 1.29 is 9.84 Å². The molecule has 0 spiro atoms. The molecule has 0 saturated carbocycles. The lowest BCUT2D eigenvalue weighted by Crippen LogP contribution is -2.55. The molecular formula is C16H25NO2. The Morgan fingerprint density at radius 1 is 1.26 bits per heavy atom. The van der Waals surface area contributed by atoms with E-state index in [0.717, 1.165) is 13.1 Å². The van der Waals surface area contributed by atoms with Gasteiger partial charge < -0.3 is 9.84 Å². The Hall–Kier alpha value is -0.900. The number of aliphatic hydroxyl groups excluding tert-OH is 1. The molecule has 1 N–H and O–H groups in total. The molecule has 106 valence electrons. The Bertz CT molecular complexity index is 385. The van der Waals surface area contributed by atoms with Crippen LogP contribution in [-0.4, -0.2) is 41.9 Å². The third-order valence-electron chi connectivity index (χ3n) is 3.80. The summed E-state index contributed by atoms with van der Waals surface area (Å²) in [4.78, 5) is 2.44. The zero-order chi connectivity index (χ0) is 13.9. The fraction of sp³-hybridized carbons (Fsp3) is 0.625. The van der Waals surface area contributed by atoms with Gasteiger partial charge in [-0.15, -0.1) is 0 Å². The first kappa shape index (κ1) is 14.5. The van der Waals surface area contributed by atoms with Gasteiger partial charge in [-0.25, -0.2) is 0 Å². The van der Waals surface area contributed by atoms with Crippen LogP contribution in [0.25, 0.3) is 0 Å². The number of hydrogen-bond donors (Lipinski definition) is 1. The number of benzene rings is 1. The molecule has 2 atom stereocenters. The van der Waals surface area contributed by atoms with Gasteiger partial charge in [0.15, 0.2) is 0 Å². The third kappa shape index (κ3) is 3.78. The van der Waals surface area contributed by atoms with Crippen LogP contribution in [0.5, 0.6) is 0 Å². The van der Waals surface area contributed by atoms with E-state index in [1.165, 1.54) is 5.56 Å². The molecule has 0 aliphatic carbocycles. The van der Waals surface area contributed by atoms with Gasteiger partial charge >= 0.3 is 0 Å². The second-order valence-corrected chi connectivity index (χ2v) is 6.43. The maximum atomic E-state index is 9.31. The Morgan fingerprint density at radius 3 is 2.53 bits per heavy atom. The van der Waals surface area contributed by atoms with Crippen molar-refractivity contribution in [3.8, 4) is 0 Å². The summed E-state index contributed by atoms with van der Waals surface area (Å²) < 4.78 is 5.74. The predicted octanol–water partition coefficient (Wildman–Crippen LogP) is 2.29. The van der Waals surface area contributed by atoms with Crippen molar-refractivity contribution >= 4 is 0 Å². The lowest BCUT2D eigenvalue weighted by molar-refractivity contribution is -0.111. The van der Waals surface area contributed by atoms with Gasteiger partial charge in [0, 0.05) is 19.1 Å². The molecule has 19 heavy (non-hydrogen) atoms. The summed E-state index contributed by atoms with van der Waals surface area (Å²) in [6.07, 6.45) is -0.0534. The van der Waals surface area contributed by atoms with Crippen LogP contribution < -0.4 is 0 Å². The molecule has 1 aliphatic heterocycles. The van der Waals surface area contributed by atoms with E-state index in [1.54, 1.807) is 0 Å². The minimum atomic E-state index is -0.0534. The third-order valence-corrected chi connectivity index (χ3v) is 3.80. The lowest BCUT2D eigenvalue weighted by Gasteiger charge is -2.45. The summed E-state index contributed by atoms with van der Waals surface area (Å²) in [6.45, 7) is 9.26. The van der Waals surface area contributed by atoms with Crippen molar-refractivity contribution in [1.82, 2.24) is 4.90 Å². The first-order valence-corrected chi connectivity index (χ1v) is 7.01. The standard InChI is InChI=1S/C16H25NO2/c1-16(2,3)15-12-19-14(11-18)10-17(15)9-13-7-5-4-6-8-13/h4-8,14-15,18H,9-12H2,1-3H3. The molecule has 3 nitrogen and oxygen atoms in total. The summed E-state index contributed by atoms with van der Waals surface area (Å²) in [6, 6.07) is 10.9. The molecule has 0 aromatic heterocycles. The van der Waals surface area contributed by atoms with Crippen molar-refractivity contribution in [3.05, 3.63) is 35.9 Å². The average molecular weight is 263 g/mol. The molecule has 1 saturated heterocycles. The SMILES string of the molecule is CC(C)(C)C1COC(CO)CN1Cc1ccccc1. The van der Waals surface area contributed by atoms with Gasteiger partial charge in [-0.1, -0.05) is 51.1 Å². The molecule has 1 aliphatic rings. The Morgan fingerprint density at radius 2 is 1.95 bits per heavy atom. The normalized spacial score (nSPS) is 25.5. The van der Waals surface area contributed by atoms with Crippen molar-refractivity contribution in [3.63, 3.8) is 0 Å².